The molecule has 0 aromatic carbocycles. The van der Waals surface area contributed by atoms with Crippen molar-refractivity contribution in [3.05, 3.63) is 36.5 Å². The number of ether oxygens (including phenoxy) is 1. The zero-order chi connectivity index (χ0) is 45.8. The van der Waals surface area contributed by atoms with Crippen molar-refractivity contribution in [1.82, 2.24) is 5.32 Å². The van der Waals surface area contributed by atoms with Gasteiger partial charge >= 0.3 is 5.97 Å². The fraction of sp³-hybridized carbons (Fsp3) is 0.860. The fourth-order valence-electron chi connectivity index (χ4n) is 8.37. The van der Waals surface area contributed by atoms with Crippen molar-refractivity contribution in [2.45, 2.75) is 302 Å². The zero-order valence-corrected chi connectivity index (χ0v) is 42.1. The van der Waals surface area contributed by atoms with Gasteiger partial charge in [0.15, 0.2) is 0 Å². The molecular formula is C57H107NO5. The second kappa shape index (κ2) is 52.7. The predicted molar refractivity (Wildman–Crippen MR) is 273 cm³/mol. The number of esters is 1. The van der Waals surface area contributed by atoms with Crippen LogP contribution < -0.4 is 5.32 Å². The summed E-state index contributed by atoms with van der Waals surface area (Å²) < 4.78 is 5.45. The number of carbonyl (C=O) groups is 2. The number of rotatable bonds is 51. The van der Waals surface area contributed by atoms with Gasteiger partial charge in [-0.15, -0.1) is 0 Å². The van der Waals surface area contributed by atoms with E-state index in [1.807, 2.05) is 0 Å². The number of aliphatic hydroxyl groups is 2. The van der Waals surface area contributed by atoms with Gasteiger partial charge in [0.25, 0.3) is 0 Å². The lowest BCUT2D eigenvalue weighted by Gasteiger charge is -2.22. The van der Waals surface area contributed by atoms with Crippen LogP contribution in [0.2, 0.25) is 0 Å². The number of carbonyl (C=O) groups excluding carboxylic acids is 2. The standard InChI is InChI=1S/C57H107NO5/c1-3-5-7-9-11-13-15-17-19-22-25-29-33-37-41-45-49-55(60)54(53-59)58-56(61)50-46-42-38-34-30-26-23-20-24-28-32-36-40-44-48-52-63-57(62)51-47-43-39-35-31-27-21-18-16-14-12-10-8-6-4-2/h12,14,18,21,24,28,54-55,59-60H,3-11,13,15-17,19-20,22-23,25-27,29-53H2,1-2H3,(H,58,61)/b14-12-,21-18-,28-24-. The van der Waals surface area contributed by atoms with Crippen LogP contribution in [-0.4, -0.2) is 47.4 Å². The number of nitrogens with one attached hydrogen (secondary N) is 1. The highest BCUT2D eigenvalue weighted by molar-refractivity contribution is 5.76. The summed E-state index contributed by atoms with van der Waals surface area (Å²) in [5.41, 5.74) is 0. The maximum atomic E-state index is 12.5. The minimum atomic E-state index is -0.675. The quantitative estimate of drug-likeness (QED) is 0.0321. The molecule has 0 aromatic heterocycles. The average molecular weight is 886 g/mol. The van der Waals surface area contributed by atoms with E-state index < -0.39 is 12.1 Å². The van der Waals surface area contributed by atoms with Gasteiger partial charge in [-0.3, -0.25) is 9.59 Å². The molecule has 1 amide bonds. The maximum Gasteiger partial charge on any atom is 0.305 e. The molecule has 6 heteroatoms. The monoisotopic (exact) mass is 886 g/mol. The van der Waals surface area contributed by atoms with Gasteiger partial charge in [-0.25, -0.2) is 0 Å². The summed E-state index contributed by atoms with van der Waals surface area (Å²) in [4.78, 5) is 24.5. The maximum absolute atomic E-state index is 12.5. The first-order valence-corrected chi connectivity index (χ1v) is 27.7. The first-order valence-electron chi connectivity index (χ1n) is 27.7. The second-order valence-electron chi connectivity index (χ2n) is 18.9. The van der Waals surface area contributed by atoms with Gasteiger partial charge in [-0.05, 0) is 83.5 Å². The van der Waals surface area contributed by atoms with Gasteiger partial charge in [0.05, 0.1) is 25.4 Å². The largest absolute Gasteiger partial charge is 0.466 e. The van der Waals surface area contributed by atoms with E-state index in [0.29, 0.717) is 25.9 Å². The summed E-state index contributed by atoms with van der Waals surface area (Å²) in [5.74, 6) is -0.0743. The molecule has 370 valence electrons. The van der Waals surface area contributed by atoms with Crippen LogP contribution in [0.4, 0.5) is 0 Å². The van der Waals surface area contributed by atoms with E-state index in [1.54, 1.807) is 0 Å². The lowest BCUT2D eigenvalue weighted by atomic mass is 10.0. The third-order valence-corrected chi connectivity index (χ3v) is 12.7. The van der Waals surface area contributed by atoms with Crippen molar-refractivity contribution in [3.63, 3.8) is 0 Å². The molecule has 0 aromatic rings. The summed E-state index contributed by atoms with van der Waals surface area (Å²) in [7, 11) is 0. The molecule has 2 atom stereocenters. The SMILES string of the molecule is CCCCC/C=C\C/C=C\CCCCCCCC(=O)OCCCCCC/C=C\CCCCCCCCCC(=O)NC(CO)C(O)CCCCCCCCCCCCCCCCCC. The first-order chi connectivity index (χ1) is 31.0. The smallest absolute Gasteiger partial charge is 0.305 e. The molecule has 0 aliphatic rings. The van der Waals surface area contributed by atoms with E-state index in [1.165, 1.54) is 173 Å². The van der Waals surface area contributed by atoms with Crippen LogP contribution >= 0.6 is 0 Å². The van der Waals surface area contributed by atoms with Crippen molar-refractivity contribution < 1.29 is 24.5 Å². The van der Waals surface area contributed by atoms with Crippen LogP contribution in [0, 0.1) is 0 Å². The van der Waals surface area contributed by atoms with Crippen LogP contribution in [0.3, 0.4) is 0 Å². The fourth-order valence-corrected chi connectivity index (χ4v) is 8.37. The average Bonchev–Trinajstić information content (AvgIpc) is 3.28. The molecule has 0 spiro atoms. The number of hydrogen-bond acceptors (Lipinski definition) is 5. The molecule has 0 fully saturated rings. The van der Waals surface area contributed by atoms with Crippen LogP contribution in [0.25, 0.3) is 0 Å². The molecule has 0 bridgehead atoms. The van der Waals surface area contributed by atoms with Crippen molar-refractivity contribution in [2.24, 2.45) is 0 Å². The topological polar surface area (TPSA) is 95.9 Å². The highest BCUT2D eigenvalue weighted by atomic mass is 16.5. The van der Waals surface area contributed by atoms with Gasteiger partial charge in [0.2, 0.25) is 5.91 Å². The molecule has 0 heterocycles. The second-order valence-corrected chi connectivity index (χ2v) is 18.9. The Morgan fingerprint density at radius 1 is 0.444 bits per heavy atom. The third kappa shape index (κ3) is 49.4. The van der Waals surface area contributed by atoms with Crippen molar-refractivity contribution in [1.29, 1.82) is 0 Å². The predicted octanol–water partition coefficient (Wildman–Crippen LogP) is 16.9. The minimum absolute atomic E-state index is 0.0242. The molecule has 6 nitrogen and oxygen atoms in total. The Morgan fingerprint density at radius 2 is 0.794 bits per heavy atom. The summed E-state index contributed by atoms with van der Waals surface area (Å²) in [6.07, 6.45) is 64.0. The summed E-state index contributed by atoms with van der Waals surface area (Å²) >= 11 is 0. The number of allylic oxidation sites excluding steroid dienone is 6. The third-order valence-electron chi connectivity index (χ3n) is 12.7. The normalized spacial score (nSPS) is 12.9. The van der Waals surface area contributed by atoms with E-state index in [4.69, 9.17) is 4.74 Å². The molecule has 63 heavy (non-hydrogen) atoms. The lowest BCUT2D eigenvalue weighted by Crippen LogP contribution is -2.45. The zero-order valence-electron chi connectivity index (χ0n) is 42.1. The molecule has 3 N–H and O–H groups in total. The van der Waals surface area contributed by atoms with Crippen molar-refractivity contribution in [2.75, 3.05) is 13.2 Å². The van der Waals surface area contributed by atoms with Gasteiger partial charge < -0.3 is 20.3 Å². The Hall–Kier alpha value is -1.92. The van der Waals surface area contributed by atoms with Gasteiger partial charge in [0.1, 0.15) is 0 Å². The molecule has 0 radical (unpaired) electrons. The Bertz CT molecular complexity index is 1020. The summed E-state index contributed by atoms with van der Waals surface area (Å²) in [6, 6.07) is -0.554. The van der Waals surface area contributed by atoms with E-state index in [0.717, 1.165) is 83.5 Å². The molecule has 2 unspecified atom stereocenters. The Balaban J connectivity index is 3.49. The van der Waals surface area contributed by atoms with Crippen LogP contribution in [-0.2, 0) is 14.3 Å². The van der Waals surface area contributed by atoms with Gasteiger partial charge in [-0.1, -0.05) is 230 Å². The van der Waals surface area contributed by atoms with E-state index >= 15 is 0 Å². The molecular weight excluding hydrogens is 779 g/mol. The van der Waals surface area contributed by atoms with E-state index in [2.05, 4.69) is 55.6 Å². The molecule has 0 saturated carbocycles. The summed E-state index contributed by atoms with van der Waals surface area (Å²) in [5, 5.41) is 23.3. The molecule has 0 aliphatic carbocycles. The van der Waals surface area contributed by atoms with Gasteiger partial charge in [-0.2, -0.15) is 0 Å². The first kappa shape index (κ1) is 61.1. The van der Waals surface area contributed by atoms with Gasteiger partial charge in [0, 0.05) is 12.8 Å². The number of amides is 1. The van der Waals surface area contributed by atoms with Crippen LogP contribution in [0.5, 0.6) is 0 Å². The number of unbranched alkanes of at least 4 members (excludes halogenated alkanes) is 34. The highest BCUT2D eigenvalue weighted by Gasteiger charge is 2.20. The highest BCUT2D eigenvalue weighted by Crippen LogP contribution is 2.16. The Kier molecular flexibility index (Phi) is 51.1. The number of aliphatic hydroxyl groups excluding tert-OH is 2. The van der Waals surface area contributed by atoms with Crippen molar-refractivity contribution in [3.8, 4) is 0 Å². The molecule has 0 saturated heterocycles. The Labute approximate surface area is 392 Å². The van der Waals surface area contributed by atoms with E-state index in [-0.39, 0.29) is 18.5 Å². The van der Waals surface area contributed by atoms with Crippen LogP contribution in [0.1, 0.15) is 290 Å². The summed E-state index contributed by atoms with van der Waals surface area (Å²) in [6.45, 7) is 4.89. The lowest BCUT2D eigenvalue weighted by molar-refractivity contribution is -0.143. The van der Waals surface area contributed by atoms with Crippen molar-refractivity contribution >= 4 is 11.9 Å². The Morgan fingerprint density at radius 3 is 1.25 bits per heavy atom. The number of hydrogen-bond donors (Lipinski definition) is 3. The molecule has 0 rings (SSSR count). The minimum Gasteiger partial charge on any atom is -0.466 e. The molecule has 0 aliphatic heterocycles. The van der Waals surface area contributed by atoms with E-state index in [9.17, 15) is 19.8 Å². The van der Waals surface area contributed by atoms with Crippen LogP contribution in [0.15, 0.2) is 36.5 Å².